The number of rotatable bonds is 12. The van der Waals surface area contributed by atoms with E-state index in [1.807, 2.05) is 6.92 Å². The van der Waals surface area contributed by atoms with Crippen molar-refractivity contribution in [3.8, 4) is 11.3 Å². The molecule has 1 aliphatic rings. The van der Waals surface area contributed by atoms with Gasteiger partial charge < -0.3 is 26.8 Å². The summed E-state index contributed by atoms with van der Waals surface area (Å²) in [6.07, 6.45) is 5.03. The number of nitrogen functional groups attached to an aromatic ring is 2. The molecule has 7 N–H and O–H groups in total. The van der Waals surface area contributed by atoms with E-state index in [4.69, 9.17) is 21.6 Å². The molecule has 1 aliphatic carbocycles. The van der Waals surface area contributed by atoms with Gasteiger partial charge in [0.15, 0.2) is 5.82 Å². The molecule has 0 unspecified atom stereocenters. The summed E-state index contributed by atoms with van der Waals surface area (Å²) in [6, 6.07) is 11.9. The second kappa shape index (κ2) is 12.2. The molecule has 2 aromatic carbocycles. The highest BCUT2D eigenvalue weighted by Gasteiger charge is 2.24. The Kier molecular flexibility index (Phi) is 8.60. The summed E-state index contributed by atoms with van der Waals surface area (Å²) in [6.45, 7) is 2.25. The van der Waals surface area contributed by atoms with E-state index in [0.717, 1.165) is 31.2 Å². The number of hydrogen-bond donors (Lipinski definition) is 5. The molecule has 11 heteroatoms. The third-order valence-corrected chi connectivity index (χ3v) is 6.25. The molecule has 0 bridgehead atoms. The molecule has 0 saturated heterocycles. The summed E-state index contributed by atoms with van der Waals surface area (Å²) in [5.74, 6) is -0.776. The number of unbranched alkanes of at least 4 members (excludes halogenated alkanes) is 1. The second-order valence-electron chi connectivity index (χ2n) is 9.52. The van der Waals surface area contributed by atoms with Crippen molar-refractivity contribution >= 4 is 29.2 Å². The lowest BCUT2D eigenvalue weighted by Gasteiger charge is -2.16. The maximum atomic E-state index is 13.4. The standard InChI is InChI=1S/C28H33N7O4/c1-2-3-10-39-28(38)20-11-19(12-21(29)13-20)23-15-33-26(34-22-8-9-22)27(37)35(23)16-24(36)32-14-17-4-6-18(7-5-17)25(30)31/h4-7,11-13,15,22H,2-3,8-10,14,16,29H2,1H3,(H3,30,31)(H,32,36)(H,33,34). The number of carbonyl (C=O) groups is 2. The van der Waals surface area contributed by atoms with Crippen molar-refractivity contribution in [1.29, 1.82) is 5.41 Å². The first-order valence-electron chi connectivity index (χ1n) is 12.9. The van der Waals surface area contributed by atoms with Crippen molar-refractivity contribution in [2.45, 2.75) is 51.7 Å². The lowest BCUT2D eigenvalue weighted by Crippen LogP contribution is -2.34. The van der Waals surface area contributed by atoms with Crippen molar-refractivity contribution in [3.05, 3.63) is 75.7 Å². The van der Waals surface area contributed by atoms with Gasteiger partial charge in [-0.15, -0.1) is 0 Å². The van der Waals surface area contributed by atoms with Crippen LogP contribution in [0.5, 0.6) is 0 Å². The van der Waals surface area contributed by atoms with Gasteiger partial charge >= 0.3 is 5.97 Å². The molecular formula is C28H33N7O4. The normalized spacial score (nSPS) is 12.5. The van der Waals surface area contributed by atoms with E-state index >= 15 is 0 Å². The van der Waals surface area contributed by atoms with Crippen molar-refractivity contribution in [1.82, 2.24) is 14.9 Å². The van der Waals surface area contributed by atoms with Crippen LogP contribution >= 0.6 is 0 Å². The number of ether oxygens (including phenoxy) is 1. The minimum Gasteiger partial charge on any atom is -0.462 e. The zero-order chi connectivity index (χ0) is 27.9. The fourth-order valence-electron chi connectivity index (χ4n) is 3.91. The van der Waals surface area contributed by atoms with Gasteiger partial charge in [-0.05, 0) is 43.0 Å². The first-order valence-corrected chi connectivity index (χ1v) is 12.9. The Morgan fingerprint density at radius 3 is 2.56 bits per heavy atom. The molecule has 3 aromatic rings. The first-order chi connectivity index (χ1) is 18.7. The highest BCUT2D eigenvalue weighted by molar-refractivity contribution is 5.95. The van der Waals surface area contributed by atoms with Gasteiger partial charge in [0.25, 0.3) is 5.56 Å². The molecule has 4 rings (SSSR count). The van der Waals surface area contributed by atoms with E-state index in [0.29, 0.717) is 29.1 Å². The zero-order valence-corrected chi connectivity index (χ0v) is 21.8. The van der Waals surface area contributed by atoms with Gasteiger partial charge in [0.05, 0.1) is 24.1 Å². The largest absolute Gasteiger partial charge is 0.462 e. The fraction of sp³-hybridized carbons (Fsp3) is 0.321. The Balaban J connectivity index is 1.59. The molecule has 1 fully saturated rings. The summed E-state index contributed by atoms with van der Waals surface area (Å²) in [4.78, 5) is 43.3. The Bertz CT molecular complexity index is 1430. The van der Waals surface area contributed by atoms with Gasteiger partial charge in [-0.1, -0.05) is 37.6 Å². The number of nitrogens with one attached hydrogen (secondary N) is 3. The maximum absolute atomic E-state index is 13.4. The van der Waals surface area contributed by atoms with E-state index in [1.165, 1.54) is 16.8 Å². The topological polar surface area (TPSA) is 178 Å². The van der Waals surface area contributed by atoms with Crippen LogP contribution in [0.3, 0.4) is 0 Å². The van der Waals surface area contributed by atoms with E-state index in [2.05, 4.69) is 15.6 Å². The molecule has 0 aliphatic heterocycles. The van der Waals surface area contributed by atoms with Crippen molar-refractivity contribution in [2.24, 2.45) is 5.73 Å². The predicted molar refractivity (Wildman–Crippen MR) is 149 cm³/mol. The van der Waals surface area contributed by atoms with Crippen LogP contribution in [0.1, 0.15) is 54.1 Å². The Labute approximate surface area is 226 Å². The van der Waals surface area contributed by atoms with Gasteiger partial charge in [0.1, 0.15) is 12.4 Å². The predicted octanol–water partition coefficient (Wildman–Crippen LogP) is 2.62. The molecule has 11 nitrogen and oxygen atoms in total. The lowest BCUT2D eigenvalue weighted by atomic mass is 10.1. The molecule has 39 heavy (non-hydrogen) atoms. The molecule has 1 amide bonds. The molecule has 0 spiro atoms. The van der Waals surface area contributed by atoms with Gasteiger partial charge in [0, 0.05) is 29.4 Å². The molecule has 204 valence electrons. The first kappa shape index (κ1) is 27.4. The number of benzene rings is 2. The average molecular weight is 532 g/mol. The minimum atomic E-state index is -0.514. The summed E-state index contributed by atoms with van der Waals surface area (Å²) < 4.78 is 6.65. The van der Waals surface area contributed by atoms with Crippen LogP contribution in [0.25, 0.3) is 11.3 Å². The van der Waals surface area contributed by atoms with Crippen LogP contribution in [0, 0.1) is 5.41 Å². The quantitative estimate of drug-likeness (QED) is 0.0778. The summed E-state index contributed by atoms with van der Waals surface area (Å²) in [5.41, 5.74) is 13.9. The SMILES string of the molecule is CCCCOC(=O)c1cc(N)cc(-c2cnc(NC3CC3)c(=O)n2CC(=O)NCc2ccc(C(=N)N)cc2)c1. The van der Waals surface area contributed by atoms with Gasteiger partial charge in [-0.3, -0.25) is 19.6 Å². The van der Waals surface area contributed by atoms with Gasteiger partial charge in [-0.25, -0.2) is 9.78 Å². The van der Waals surface area contributed by atoms with Gasteiger partial charge in [-0.2, -0.15) is 0 Å². The van der Waals surface area contributed by atoms with Crippen molar-refractivity contribution < 1.29 is 14.3 Å². The molecular weight excluding hydrogens is 498 g/mol. The zero-order valence-electron chi connectivity index (χ0n) is 21.8. The molecule has 1 saturated carbocycles. The summed E-state index contributed by atoms with van der Waals surface area (Å²) in [5, 5.41) is 13.4. The second-order valence-corrected chi connectivity index (χ2v) is 9.52. The van der Waals surface area contributed by atoms with E-state index in [9.17, 15) is 14.4 Å². The molecule has 0 atom stereocenters. The van der Waals surface area contributed by atoms with Crippen molar-refractivity contribution in [3.63, 3.8) is 0 Å². The number of nitrogens with zero attached hydrogens (tertiary/aromatic N) is 2. The number of aromatic nitrogens is 2. The van der Waals surface area contributed by atoms with E-state index in [1.54, 1.807) is 36.4 Å². The average Bonchev–Trinajstić information content (AvgIpc) is 3.74. The number of carbonyl (C=O) groups excluding carboxylic acids is 2. The smallest absolute Gasteiger partial charge is 0.338 e. The van der Waals surface area contributed by atoms with Crippen LogP contribution in [0.2, 0.25) is 0 Å². The Hall–Kier alpha value is -4.67. The van der Waals surface area contributed by atoms with E-state index < -0.39 is 11.5 Å². The van der Waals surface area contributed by atoms with E-state index in [-0.39, 0.29) is 42.3 Å². The third-order valence-electron chi connectivity index (χ3n) is 6.25. The molecule has 1 heterocycles. The lowest BCUT2D eigenvalue weighted by molar-refractivity contribution is -0.121. The number of esters is 1. The highest BCUT2D eigenvalue weighted by atomic mass is 16.5. The number of anilines is 2. The summed E-state index contributed by atoms with van der Waals surface area (Å²) >= 11 is 0. The summed E-state index contributed by atoms with van der Waals surface area (Å²) in [7, 11) is 0. The monoisotopic (exact) mass is 531 g/mol. The van der Waals surface area contributed by atoms with Crippen LogP contribution < -0.4 is 27.7 Å². The molecule has 0 radical (unpaired) electrons. The fourth-order valence-corrected chi connectivity index (χ4v) is 3.91. The third kappa shape index (κ3) is 7.22. The van der Waals surface area contributed by atoms with Gasteiger partial charge in [0.2, 0.25) is 5.91 Å². The maximum Gasteiger partial charge on any atom is 0.338 e. The molecule has 1 aromatic heterocycles. The minimum absolute atomic E-state index is 0.0373. The number of nitrogens with two attached hydrogens (primary N) is 2. The Morgan fingerprint density at radius 2 is 1.90 bits per heavy atom. The highest BCUT2D eigenvalue weighted by Crippen LogP contribution is 2.26. The number of amides is 1. The number of amidine groups is 1. The van der Waals surface area contributed by atoms with Crippen LogP contribution in [-0.4, -0.2) is 39.9 Å². The van der Waals surface area contributed by atoms with Crippen molar-refractivity contribution in [2.75, 3.05) is 17.7 Å². The Morgan fingerprint density at radius 1 is 1.15 bits per heavy atom. The van der Waals surface area contributed by atoms with Crippen LogP contribution in [0.15, 0.2) is 53.5 Å². The number of hydrogen-bond acceptors (Lipinski definition) is 8. The van der Waals surface area contributed by atoms with Crippen LogP contribution in [-0.2, 0) is 22.6 Å². The van der Waals surface area contributed by atoms with Crippen LogP contribution in [0.4, 0.5) is 11.5 Å².